The van der Waals surface area contributed by atoms with Crippen molar-refractivity contribution in [1.82, 2.24) is 14.8 Å². The maximum absolute atomic E-state index is 12.6. The number of ether oxygens (including phenoxy) is 1. The molecule has 3 aromatic carbocycles. The molecule has 0 atom stereocenters. The number of benzene rings is 3. The number of amides is 1. The molecule has 0 radical (unpaired) electrons. The highest BCUT2D eigenvalue weighted by molar-refractivity contribution is 7.99. The Morgan fingerprint density at radius 1 is 1.00 bits per heavy atom. The molecule has 1 N–H and O–H groups in total. The predicted octanol–water partition coefficient (Wildman–Crippen LogP) is 5.94. The molecule has 33 heavy (non-hydrogen) atoms. The molecule has 168 valence electrons. The number of aryl methyl sites for hydroxylation is 2. The zero-order chi connectivity index (χ0) is 23.4. The number of hydrogen-bond acceptors (Lipinski definition) is 5. The lowest BCUT2D eigenvalue weighted by Gasteiger charge is -2.12. The van der Waals surface area contributed by atoms with Crippen LogP contribution in [-0.2, 0) is 4.79 Å². The van der Waals surface area contributed by atoms with E-state index < -0.39 is 0 Å². The lowest BCUT2D eigenvalue weighted by atomic mass is 10.1. The van der Waals surface area contributed by atoms with Crippen LogP contribution in [0.5, 0.6) is 5.75 Å². The topological polar surface area (TPSA) is 69.0 Å². The Morgan fingerprint density at radius 2 is 1.73 bits per heavy atom. The Labute approximate surface area is 202 Å². The van der Waals surface area contributed by atoms with E-state index in [0.717, 1.165) is 22.6 Å². The van der Waals surface area contributed by atoms with Crippen LogP contribution in [0.1, 0.15) is 11.1 Å². The van der Waals surface area contributed by atoms with Crippen molar-refractivity contribution in [1.29, 1.82) is 0 Å². The molecule has 0 saturated heterocycles. The molecule has 0 aliphatic heterocycles. The molecule has 8 heteroatoms. The van der Waals surface area contributed by atoms with Crippen LogP contribution in [0.4, 0.5) is 5.69 Å². The molecule has 0 bridgehead atoms. The van der Waals surface area contributed by atoms with Crippen molar-refractivity contribution in [2.45, 2.75) is 19.0 Å². The first-order valence-electron chi connectivity index (χ1n) is 10.3. The fraction of sp³-hybridized carbons (Fsp3) is 0.160. The van der Waals surface area contributed by atoms with Crippen LogP contribution in [0.3, 0.4) is 0 Å². The lowest BCUT2D eigenvalue weighted by molar-refractivity contribution is -0.113. The lowest BCUT2D eigenvalue weighted by Crippen LogP contribution is -2.14. The van der Waals surface area contributed by atoms with Crippen molar-refractivity contribution in [3.63, 3.8) is 0 Å². The highest BCUT2D eigenvalue weighted by Crippen LogP contribution is 2.29. The fourth-order valence-electron chi connectivity index (χ4n) is 3.25. The molecule has 1 aromatic heterocycles. The number of thioether (sulfide) groups is 1. The number of carbonyl (C=O) groups excluding carboxylic acids is 1. The van der Waals surface area contributed by atoms with Gasteiger partial charge in [0.25, 0.3) is 0 Å². The van der Waals surface area contributed by atoms with Crippen molar-refractivity contribution in [3.8, 4) is 22.8 Å². The largest absolute Gasteiger partial charge is 0.497 e. The zero-order valence-corrected chi connectivity index (χ0v) is 20.1. The maximum Gasteiger partial charge on any atom is 0.234 e. The van der Waals surface area contributed by atoms with Crippen LogP contribution in [0.15, 0.2) is 71.9 Å². The summed E-state index contributed by atoms with van der Waals surface area (Å²) in [4.78, 5) is 12.6. The summed E-state index contributed by atoms with van der Waals surface area (Å²) >= 11 is 7.40. The van der Waals surface area contributed by atoms with Crippen molar-refractivity contribution < 1.29 is 9.53 Å². The van der Waals surface area contributed by atoms with Crippen molar-refractivity contribution >= 4 is 35.0 Å². The third-order valence-corrected chi connectivity index (χ3v) is 6.37. The van der Waals surface area contributed by atoms with Gasteiger partial charge in [0, 0.05) is 16.3 Å². The number of anilines is 1. The molecule has 0 aliphatic rings. The van der Waals surface area contributed by atoms with Crippen LogP contribution in [-0.4, -0.2) is 33.5 Å². The van der Waals surface area contributed by atoms with Crippen LogP contribution in [0.25, 0.3) is 17.1 Å². The average Bonchev–Trinajstić information content (AvgIpc) is 3.24. The highest BCUT2D eigenvalue weighted by Gasteiger charge is 2.18. The summed E-state index contributed by atoms with van der Waals surface area (Å²) in [6.07, 6.45) is 0. The summed E-state index contributed by atoms with van der Waals surface area (Å²) < 4.78 is 7.13. The summed E-state index contributed by atoms with van der Waals surface area (Å²) in [5, 5.41) is 13.0. The fourth-order valence-corrected chi connectivity index (χ4v) is 4.13. The monoisotopic (exact) mass is 478 g/mol. The van der Waals surface area contributed by atoms with Crippen molar-refractivity contribution in [2.75, 3.05) is 18.2 Å². The number of hydrogen-bond donors (Lipinski definition) is 1. The van der Waals surface area contributed by atoms with E-state index in [4.69, 9.17) is 16.3 Å². The normalized spacial score (nSPS) is 10.8. The molecule has 0 saturated carbocycles. The minimum absolute atomic E-state index is 0.132. The number of carbonyl (C=O) groups is 1. The Balaban J connectivity index is 1.59. The van der Waals surface area contributed by atoms with Gasteiger partial charge < -0.3 is 10.1 Å². The van der Waals surface area contributed by atoms with Gasteiger partial charge in [-0.05, 0) is 85.6 Å². The number of methoxy groups -OCH3 is 1. The summed E-state index contributed by atoms with van der Waals surface area (Å²) in [6, 6.07) is 20.9. The molecule has 0 fully saturated rings. The van der Waals surface area contributed by atoms with E-state index in [1.54, 1.807) is 31.4 Å². The van der Waals surface area contributed by atoms with Gasteiger partial charge in [-0.2, -0.15) is 0 Å². The smallest absolute Gasteiger partial charge is 0.234 e. The Hall–Kier alpha value is -3.29. The molecule has 0 spiro atoms. The predicted molar refractivity (Wildman–Crippen MR) is 134 cm³/mol. The van der Waals surface area contributed by atoms with Gasteiger partial charge in [0.2, 0.25) is 5.91 Å². The molecule has 0 aliphatic carbocycles. The van der Waals surface area contributed by atoms with E-state index in [-0.39, 0.29) is 11.7 Å². The number of rotatable bonds is 7. The van der Waals surface area contributed by atoms with Crippen molar-refractivity contribution in [2.24, 2.45) is 0 Å². The molecule has 1 heterocycles. The molecule has 4 rings (SSSR count). The first-order chi connectivity index (χ1) is 15.9. The maximum atomic E-state index is 12.6. The second-order valence-electron chi connectivity index (χ2n) is 7.48. The van der Waals surface area contributed by atoms with E-state index >= 15 is 0 Å². The summed E-state index contributed by atoms with van der Waals surface area (Å²) in [6.45, 7) is 4.14. The highest BCUT2D eigenvalue weighted by atomic mass is 35.5. The Bertz CT molecular complexity index is 1270. The van der Waals surface area contributed by atoms with E-state index in [1.165, 1.54) is 17.3 Å². The minimum atomic E-state index is -0.132. The van der Waals surface area contributed by atoms with Gasteiger partial charge in [-0.1, -0.05) is 29.4 Å². The Kier molecular flexibility index (Phi) is 7.01. The third kappa shape index (κ3) is 5.38. The van der Waals surface area contributed by atoms with Gasteiger partial charge in [-0.25, -0.2) is 0 Å². The van der Waals surface area contributed by atoms with Gasteiger partial charge >= 0.3 is 0 Å². The Morgan fingerprint density at radius 3 is 2.39 bits per heavy atom. The van der Waals surface area contributed by atoms with Crippen LogP contribution < -0.4 is 10.1 Å². The number of nitrogens with zero attached hydrogens (tertiary/aromatic N) is 3. The second kappa shape index (κ2) is 10.1. The molecular weight excluding hydrogens is 456 g/mol. The van der Waals surface area contributed by atoms with Crippen LogP contribution in [0, 0.1) is 13.8 Å². The zero-order valence-electron chi connectivity index (χ0n) is 18.5. The van der Waals surface area contributed by atoms with Crippen LogP contribution >= 0.6 is 23.4 Å². The standard InChI is InChI=1S/C25H23ClN4O2S/c1-16-4-11-21(14-17(16)2)30-24(18-5-7-19(26)8-6-18)28-29-25(30)33-15-23(31)27-20-9-12-22(32-3)13-10-20/h4-14H,15H2,1-3H3,(H,27,31). The van der Waals surface area contributed by atoms with Gasteiger partial charge in [0.15, 0.2) is 11.0 Å². The first kappa shape index (κ1) is 22.9. The second-order valence-corrected chi connectivity index (χ2v) is 8.86. The molecule has 6 nitrogen and oxygen atoms in total. The van der Waals surface area contributed by atoms with E-state index in [9.17, 15) is 4.79 Å². The van der Waals surface area contributed by atoms with Gasteiger partial charge in [0.05, 0.1) is 18.6 Å². The SMILES string of the molecule is COc1ccc(NC(=O)CSc2nnc(-c3ccc(Cl)cc3)n2-c2ccc(C)c(C)c2)cc1. The van der Waals surface area contributed by atoms with Crippen LogP contribution in [0.2, 0.25) is 5.02 Å². The minimum Gasteiger partial charge on any atom is -0.497 e. The summed E-state index contributed by atoms with van der Waals surface area (Å²) in [5.74, 6) is 1.48. The summed E-state index contributed by atoms with van der Waals surface area (Å²) in [5.41, 5.74) is 4.90. The third-order valence-electron chi connectivity index (χ3n) is 5.19. The average molecular weight is 479 g/mol. The quantitative estimate of drug-likeness (QED) is 0.333. The van der Waals surface area contributed by atoms with Gasteiger partial charge in [-0.3, -0.25) is 9.36 Å². The molecule has 4 aromatic rings. The van der Waals surface area contributed by atoms with Gasteiger partial charge in [-0.15, -0.1) is 10.2 Å². The first-order valence-corrected chi connectivity index (χ1v) is 11.7. The molecular formula is C25H23ClN4O2S. The van der Waals surface area contributed by atoms with E-state index in [0.29, 0.717) is 21.7 Å². The van der Waals surface area contributed by atoms with Gasteiger partial charge in [0.1, 0.15) is 5.75 Å². The number of nitrogens with one attached hydrogen (secondary N) is 1. The molecule has 1 amide bonds. The number of halogens is 1. The molecule has 0 unspecified atom stereocenters. The van der Waals surface area contributed by atoms with E-state index in [2.05, 4.69) is 41.5 Å². The summed E-state index contributed by atoms with van der Waals surface area (Å²) in [7, 11) is 1.61. The van der Waals surface area contributed by atoms with E-state index in [1.807, 2.05) is 34.9 Å². The van der Waals surface area contributed by atoms with Crippen molar-refractivity contribution in [3.05, 3.63) is 82.9 Å². The number of aromatic nitrogens is 3.